The molecule has 4 saturated carbocycles. The van der Waals surface area contributed by atoms with Crippen LogP contribution >= 0.6 is 0 Å². The Labute approximate surface area is 150 Å². The lowest BCUT2D eigenvalue weighted by Crippen LogP contribution is -2.53. The van der Waals surface area contributed by atoms with E-state index in [4.69, 9.17) is 0 Å². The number of aliphatic hydroxyl groups is 1. The molecule has 4 fully saturated rings. The quantitative estimate of drug-likeness (QED) is 0.619. The Hall–Kier alpha value is -0.0400. The van der Waals surface area contributed by atoms with Crippen molar-refractivity contribution < 1.29 is 5.11 Å². The maximum atomic E-state index is 10.4. The fourth-order valence-corrected chi connectivity index (χ4v) is 8.19. The third-order valence-corrected chi connectivity index (χ3v) is 9.44. The minimum atomic E-state index is -0.107. The van der Waals surface area contributed by atoms with Gasteiger partial charge in [-0.15, -0.1) is 0 Å². The van der Waals surface area contributed by atoms with E-state index >= 15 is 0 Å². The van der Waals surface area contributed by atoms with Crippen LogP contribution in [0.1, 0.15) is 91.4 Å². The summed E-state index contributed by atoms with van der Waals surface area (Å²) >= 11 is 0. The summed E-state index contributed by atoms with van der Waals surface area (Å²) in [5.41, 5.74) is 0.429. The molecule has 1 nitrogen and oxygen atoms in total. The van der Waals surface area contributed by atoms with Crippen molar-refractivity contribution in [2.45, 2.75) is 97.5 Å². The highest BCUT2D eigenvalue weighted by Crippen LogP contribution is 2.63. The monoisotopic (exact) mass is 332 g/mol. The van der Waals surface area contributed by atoms with Crippen LogP contribution in [0, 0.1) is 46.8 Å². The van der Waals surface area contributed by atoms with Gasteiger partial charge in [0.15, 0.2) is 0 Å². The van der Waals surface area contributed by atoms with E-state index in [1.165, 1.54) is 70.6 Å². The molecule has 9 atom stereocenters. The fourth-order valence-electron chi connectivity index (χ4n) is 8.19. The van der Waals surface area contributed by atoms with Crippen LogP contribution in [0.15, 0.2) is 0 Å². The molecule has 0 heterocycles. The molecule has 4 aliphatic carbocycles. The van der Waals surface area contributed by atoms with E-state index in [-0.39, 0.29) is 6.10 Å². The van der Waals surface area contributed by atoms with Crippen LogP contribution in [0.25, 0.3) is 0 Å². The van der Waals surface area contributed by atoms with Crippen LogP contribution in [-0.2, 0) is 0 Å². The first-order valence-corrected chi connectivity index (χ1v) is 11.2. The van der Waals surface area contributed by atoms with Gasteiger partial charge in [-0.2, -0.15) is 0 Å². The summed E-state index contributed by atoms with van der Waals surface area (Å²) in [5.74, 6) is 6.55. The maximum Gasteiger partial charge on any atom is 0.0545 e. The van der Waals surface area contributed by atoms with Crippen LogP contribution in [0.5, 0.6) is 0 Å². The van der Waals surface area contributed by atoms with Crippen LogP contribution in [0.4, 0.5) is 0 Å². The molecule has 4 rings (SSSR count). The first-order valence-electron chi connectivity index (χ1n) is 11.2. The summed E-state index contributed by atoms with van der Waals surface area (Å²) in [6.07, 6.45) is 15.9. The van der Waals surface area contributed by atoms with E-state index in [9.17, 15) is 5.11 Å². The highest BCUT2D eigenvalue weighted by Gasteiger charge is 2.55. The van der Waals surface area contributed by atoms with Crippen molar-refractivity contribution in [3.05, 3.63) is 0 Å². The Morgan fingerprint density at radius 3 is 2.33 bits per heavy atom. The molecule has 0 aromatic heterocycles. The molecular formula is C23H40O. The maximum absolute atomic E-state index is 10.4. The van der Waals surface area contributed by atoms with Crippen molar-refractivity contribution in [2.24, 2.45) is 46.8 Å². The Kier molecular flexibility index (Phi) is 4.78. The first-order chi connectivity index (χ1) is 11.5. The Bertz CT molecular complexity index is 443. The summed E-state index contributed by atoms with van der Waals surface area (Å²) in [5, 5.41) is 10.4. The van der Waals surface area contributed by atoms with Crippen molar-refractivity contribution in [3.8, 4) is 0 Å². The summed E-state index contributed by atoms with van der Waals surface area (Å²) in [7, 11) is 0. The van der Waals surface area contributed by atoms with Gasteiger partial charge in [-0.3, -0.25) is 0 Å². The zero-order chi connectivity index (χ0) is 16.9. The topological polar surface area (TPSA) is 20.2 Å². The Morgan fingerprint density at radius 1 is 0.833 bits per heavy atom. The van der Waals surface area contributed by atoms with Gasteiger partial charge in [0.05, 0.1) is 6.10 Å². The molecule has 0 bridgehead atoms. The minimum Gasteiger partial charge on any atom is -0.393 e. The molecule has 0 aromatic rings. The predicted molar refractivity (Wildman–Crippen MR) is 101 cm³/mol. The van der Waals surface area contributed by atoms with Gasteiger partial charge >= 0.3 is 0 Å². The number of hydrogen-bond acceptors (Lipinski definition) is 1. The van der Waals surface area contributed by atoms with Crippen molar-refractivity contribution in [1.29, 1.82) is 0 Å². The van der Waals surface area contributed by atoms with Gasteiger partial charge in [0.2, 0.25) is 0 Å². The molecule has 138 valence electrons. The Balaban J connectivity index is 1.57. The molecule has 0 aliphatic heterocycles. The molecule has 0 spiro atoms. The van der Waals surface area contributed by atoms with Crippen LogP contribution in [0.3, 0.4) is 0 Å². The van der Waals surface area contributed by atoms with Crippen molar-refractivity contribution in [1.82, 2.24) is 0 Å². The predicted octanol–water partition coefficient (Wildman–Crippen LogP) is 6.05. The Morgan fingerprint density at radius 2 is 1.54 bits per heavy atom. The fraction of sp³-hybridized carbons (Fsp3) is 1.00. The molecule has 1 heteroatoms. The summed E-state index contributed by atoms with van der Waals surface area (Å²) in [6.45, 7) is 7.11. The van der Waals surface area contributed by atoms with Gasteiger partial charge in [-0.25, -0.2) is 0 Å². The summed E-state index contributed by atoms with van der Waals surface area (Å²) in [4.78, 5) is 0. The highest BCUT2D eigenvalue weighted by atomic mass is 16.3. The normalized spacial score (nSPS) is 53.2. The van der Waals surface area contributed by atoms with Gasteiger partial charge < -0.3 is 5.11 Å². The lowest BCUT2D eigenvalue weighted by atomic mass is 9.45. The van der Waals surface area contributed by atoms with E-state index in [2.05, 4.69) is 20.8 Å². The molecular weight excluding hydrogens is 292 g/mol. The van der Waals surface area contributed by atoms with Gasteiger partial charge in [0.25, 0.3) is 0 Å². The van der Waals surface area contributed by atoms with Gasteiger partial charge in [-0.05, 0) is 105 Å². The van der Waals surface area contributed by atoms with Crippen LogP contribution < -0.4 is 0 Å². The second-order valence-electron chi connectivity index (χ2n) is 10.5. The molecule has 4 aliphatic rings. The average Bonchev–Trinajstić information content (AvgIpc) is 2.75. The number of fused-ring (bicyclic) bond motifs is 5. The average molecular weight is 333 g/mol. The summed E-state index contributed by atoms with van der Waals surface area (Å²) < 4.78 is 0. The van der Waals surface area contributed by atoms with E-state index in [1.807, 2.05) is 0 Å². The SMILES string of the molecule is CC1CCC2CCC3C(CCC4(C)C(C(C)O)CCCC34)C2CC1. The third kappa shape index (κ3) is 2.78. The second-order valence-corrected chi connectivity index (χ2v) is 10.5. The number of rotatable bonds is 1. The minimum absolute atomic E-state index is 0.107. The van der Waals surface area contributed by atoms with Crippen molar-refractivity contribution in [2.75, 3.05) is 0 Å². The van der Waals surface area contributed by atoms with E-state index in [1.54, 1.807) is 0 Å². The lowest BCUT2D eigenvalue weighted by Gasteiger charge is -2.60. The zero-order valence-electron chi connectivity index (χ0n) is 16.3. The zero-order valence-corrected chi connectivity index (χ0v) is 16.3. The summed E-state index contributed by atoms with van der Waals surface area (Å²) in [6, 6.07) is 0. The van der Waals surface area contributed by atoms with E-state index < -0.39 is 0 Å². The largest absolute Gasteiger partial charge is 0.393 e. The van der Waals surface area contributed by atoms with E-state index in [0.29, 0.717) is 11.3 Å². The van der Waals surface area contributed by atoms with Crippen molar-refractivity contribution >= 4 is 0 Å². The number of aliphatic hydroxyl groups excluding tert-OH is 1. The molecule has 0 amide bonds. The van der Waals surface area contributed by atoms with E-state index in [0.717, 1.165) is 35.5 Å². The molecule has 0 aromatic carbocycles. The van der Waals surface area contributed by atoms with Gasteiger partial charge in [-0.1, -0.05) is 33.1 Å². The molecule has 1 N–H and O–H groups in total. The molecule has 24 heavy (non-hydrogen) atoms. The van der Waals surface area contributed by atoms with Crippen LogP contribution in [0.2, 0.25) is 0 Å². The number of hydrogen-bond donors (Lipinski definition) is 1. The second kappa shape index (κ2) is 6.60. The standard InChI is InChI=1S/C23H40O/c1-15-7-9-17-10-12-20-19(18(17)11-8-15)13-14-23(3)21(16(2)24)5-4-6-22(20)23/h15-22,24H,4-14H2,1-3H3. The third-order valence-electron chi connectivity index (χ3n) is 9.44. The van der Waals surface area contributed by atoms with Gasteiger partial charge in [0, 0.05) is 0 Å². The molecule has 9 unspecified atom stereocenters. The molecule has 0 saturated heterocycles. The van der Waals surface area contributed by atoms with Crippen molar-refractivity contribution in [3.63, 3.8) is 0 Å². The smallest absolute Gasteiger partial charge is 0.0545 e. The first kappa shape index (κ1) is 17.4. The highest BCUT2D eigenvalue weighted by molar-refractivity contribution is 5.04. The lowest BCUT2D eigenvalue weighted by molar-refractivity contribution is -0.125. The molecule has 0 radical (unpaired) electrons. The van der Waals surface area contributed by atoms with Gasteiger partial charge in [0.1, 0.15) is 0 Å². The van der Waals surface area contributed by atoms with Crippen LogP contribution in [-0.4, -0.2) is 11.2 Å².